The Hall–Kier alpha value is -3.57. The molecule has 2 aromatic heterocycles. The van der Waals surface area contributed by atoms with E-state index in [-0.39, 0.29) is 35.7 Å². The third kappa shape index (κ3) is 7.83. The maximum absolute atomic E-state index is 14.1. The normalized spacial score (nSPS) is 16.9. The van der Waals surface area contributed by atoms with E-state index in [1.54, 1.807) is 25.1 Å². The van der Waals surface area contributed by atoms with Gasteiger partial charge in [0.05, 0.1) is 12.3 Å². The zero-order chi connectivity index (χ0) is 31.1. The van der Waals surface area contributed by atoms with Gasteiger partial charge in [0.2, 0.25) is 5.60 Å². The van der Waals surface area contributed by atoms with E-state index in [4.69, 9.17) is 24.3 Å². The highest BCUT2D eigenvalue weighted by Crippen LogP contribution is 2.46. The Balaban J connectivity index is 1.89. The molecule has 0 saturated heterocycles. The Morgan fingerprint density at radius 3 is 2.48 bits per heavy atom. The molecule has 1 aromatic carbocycles. The van der Waals surface area contributed by atoms with Gasteiger partial charge in [-0.1, -0.05) is 45.9 Å². The fraction of sp³-hybridized carbons (Fsp3) is 0.481. The van der Waals surface area contributed by atoms with Crippen molar-refractivity contribution in [3.05, 3.63) is 54.5 Å². The number of para-hydroxylation sites is 1. The molecule has 2 heterocycles. The lowest BCUT2D eigenvalue weighted by Gasteiger charge is -2.34. The van der Waals surface area contributed by atoms with Gasteiger partial charge in [-0.3, -0.25) is 9.32 Å². The van der Waals surface area contributed by atoms with Crippen molar-refractivity contribution in [1.82, 2.24) is 19.7 Å². The second-order valence-electron chi connectivity index (χ2n) is 10.7. The number of nitrogens with two attached hydrogens (primary N) is 1. The molecule has 0 aliphatic heterocycles. The number of hydrogen-bond acceptors (Lipinski definition) is 12. The minimum absolute atomic E-state index is 0.0813. The van der Waals surface area contributed by atoms with E-state index in [1.165, 1.54) is 35.1 Å². The summed E-state index contributed by atoms with van der Waals surface area (Å²) in [5.41, 5.74) is 3.74. The third-order valence-electron chi connectivity index (χ3n) is 6.22. The third-order valence-corrected chi connectivity index (χ3v) is 7.76. The van der Waals surface area contributed by atoms with Crippen LogP contribution in [0.5, 0.6) is 5.75 Å². The number of nitriles is 1. The van der Waals surface area contributed by atoms with Crippen molar-refractivity contribution in [1.29, 1.82) is 5.26 Å². The number of aliphatic hydroxyl groups is 2. The van der Waals surface area contributed by atoms with Crippen LogP contribution in [0.15, 0.2) is 48.8 Å². The highest BCUT2D eigenvalue weighted by atomic mass is 31.2. The van der Waals surface area contributed by atoms with Gasteiger partial charge in [-0.15, -0.1) is 0 Å². The monoisotopic (exact) mass is 604 g/mol. The molecule has 0 fully saturated rings. The lowest BCUT2D eigenvalue weighted by atomic mass is 9.93. The van der Waals surface area contributed by atoms with Crippen LogP contribution < -0.4 is 15.3 Å². The van der Waals surface area contributed by atoms with Crippen molar-refractivity contribution in [3.8, 4) is 11.8 Å². The Morgan fingerprint density at radius 1 is 1.19 bits per heavy atom. The molecule has 0 saturated carbocycles. The first-order valence-corrected chi connectivity index (χ1v) is 14.7. The lowest BCUT2D eigenvalue weighted by molar-refractivity contribution is -0.148. The summed E-state index contributed by atoms with van der Waals surface area (Å²) < 4.78 is 37.4. The van der Waals surface area contributed by atoms with Gasteiger partial charge in [0, 0.05) is 7.11 Å². The molecule has 0 spiro atoms. The number of ether oxygens (including phenoxy) is 2. The predicted molar refractivity (Wildman–Crippen MR) is 152 cm³/mol. The molecule has 42 heavy (non-hydrogen) atoms. The lowest BCUT2D eigenvalue weighted by Crippen LogP contribution is -2.50. The Kier molecular flexibility index (Phi) is 10.7. The van der Waals surface area contributed by atoms with E-state index >= 15 is 0 Å². The molecule has 0 bridgehead atoms. The summed E-state index contributed by atoms with van der Waals surface area (Å²) in [5, 5.41) is 39.0. The summed E-state index contributed by atoms with van der Waals surface area (Å²) >= 11 is 0. The molecular formula is C27H37N6O8P. The molecular weight excluding hydrogens is 567 g/mol. The van der Waals surface area contributed by atoms with Crippen LogP contribution in [-0.4, -0.2) is 68.9 Å². The van der Waals surface area contributed by atoms with Crippen LogP contribution >= 0.6 is 7.75 Å². The summed E-state index contributed by atoms with van der Waals surface area (Å²) in [5.74, 6) is -0.400. The number of aromatic nitrogens is 3. The number of carbonyl (C=O) groups excluding carboxylic acids is 1. The molecule has 3 aromatic rings. The summed E-state index contributed by atoms with van der Waals surface area (Å²) in [6.07, 6.45) is -2.34. The van der Waals surface area contributed by atoms with Gasteiger partial charge in [0.15, 0.2) is 5.82 Å². The fourth-order valence-electron chi connectivity index (χ4n) is 3.80. The Morgan fingerprint density at radius 2 is 1.88 bits per heavy atom. The quantitative estimate of drug-likeness (QED) is 0.155. The molecule has 14 nitrogen and oxygen atoms in total. The molecule has 0 radical (unpaired) electrons. The molecule has 228 valence electrons. The smallest absolute Gasteiger partial charge is 0.459 e. The summed E-state index contributed by atoms with van der Waals surface area (Å²) in [4.78, 5) is 16.7. The standard InChI is InChI=1S/C27H37N6O8P/c1-6-19(25(36)39-15-26(2,3)4)32-42(37,41-18-10-8-7-9-11-18)40-16-27(14-28,38-5)23(35)22(34)20-12-13-21-24(29)30-17-31-33(20)21/h7-13,17,19,22-23,34-35H,6,15-16H2,1-5H3,(H,32,37)(H2,29,30,31)/t19-,22-,23-,27?,42?/m0/s1. The number of fused-ring (bicyclic) bond motifs is 1. The molecule has 5 atom stereocenters. The van der Waals surface area contributed by atoms with Gasteiger partial charge in [-0.05, 0) is 36.1 Å². The highest BCUT2D eigenvalue weighted by molar-refractivity contribution is 7.52. The molecule has 0 aliphatic rings. The van der Waals surface area contributed by atoms with Crippen molar-refractivity contribution in [3.63, 3.8) is 0 Å². The summed E-state index contributed by atoms with van der Waals surface area (Å²) in [6.45, 7) is 6.63. The largest absolute Gasteiger partial charge is 0.464 e. The first-order valence-electron chi connectivity index (χ1n) is 13.1. The van der Waals surface area contributed by atoms with E-state index in [2.05, 4.69) is 15.2 Å². The number of carbonyl (C=O) groups is 1. The van der Waals surface area contributed by atoms with E-state index < -0.39 is 44.2 Å². The van der Waals surface area contributed by atoms with Gasteiger partial charge < -0.3 is 29.9 Å². The average molecular weight is 605 g/mol. The van der Waals surface area contributed by atoms with E-state index in [0.29, 0.717) is 5.52 Å². The Labute approximate surface area is 243 Å². The molecule has 15 heteroatoms. The van der Waals surface area contributed by atoms with E-state index in [1.807, 2.05) is 26.8 Å². The van der Waals surface area contributed by atoms with Crippen LogP contribution in [0.1, 0.15) is 45.9 Å². The minimum Gasteiger partial charge on any atom is -0.464 e. The van der Waals surface area contributed by atoms with Crippen molar-refractivity contribution in [2.24, 2.45) is 5.41 Å². The van der Waals surface area contributed by atoms with Crippen LogP contribution in [0.2, 0.25) is 0 Å². The molecule has 5 N–H and O–H groups in total. The second kappa shape index (κ2) is 13.6. The number of methoxy groups -OCH3 is 1. The van der Waals surface area contributed by atoms with Crippen molar-refractivity contribution >= 4 is 25.1 Å². The molecule has 3 rings (SSSR count). The number of nitrogen functional groups attached to an aromatic ring is 1. The number of aliphatic hydroxyl groups excluding tert-OH is 2. The summed E-state index contributed by atoms with van der Waals surface area (Å²) in [6, 6.07) is 11.7. The van der Waals surface area contributed by atoms with Gasteiger partial charge in [-0.25, -0.2) is 14.1 Å². The SMILES string of the molecule is CC[C@H](NP(=O)(OCC(C#N)(OC)[C@@H](O)[C@@H](O)c1ccc2c(N)ncnn12)Oc1ccccc1)C(=O)OCC(C)(C)C. The number of nitrogens with one attached hydrogen (secondary N) is 1. The zero-order valence-electron chi connectivity index (χ0n) is 24.1. The average Bonchev–Trinajstić information content (AvgIpc) is 3.40. The number of esters is 1. The number of anilines is 1. The first-order chi connectivity index (χ1) is 19.8. The van der Waals surface area contributed by atoms with Gasteiger partial charge >= 0.3 is 13.7 Å². The maximum Gasteiger partial charge on any atom is 0.459 e. The molecule has 2 unspecified atom stereocenters. The van der Waals surface area contributed by atoms with Crippen LogP contribution in [-0.2, 0) is 23.4 Å². The number of hydrogen-bond donors (Lipinski definition) is 4. The molecule has 0 amide bonds. The number of benzene rings is 1. The van der Waals surface area contributed by atoms with Crippen molar-refractivity contribution < 1.29 is 38.1 Å². The summed E-state index contributed by atoms with van der Waals surface area (Å²) in [7, 11) is -3.33. The van der Waals surface area contributed by atoms with Crippen LogP contribution in [0.4, 0.5) is 5.82 Å². The number of nitrogens with zero attached hydrogens (tertiary/aromatic N) is 4. The Bertz CT molecular complexity index is 1440. The molecule has 0 aliphatic carbocycles. The van der Waals surface area contributed by atoms with Crippen LogP contribution in [0.3, 0.4) is 0 Å². The van der Waals surface area contributed by atoms with Gasteiger partial charge in [0.1, 0.15) is 48.5 Å². The topological polar surface area (TPSA) is 204 Å². The first kappa shape index (κ1) is 32.9. The fourth-order valence-corrected chi connectivity index (χ4v) is 5.41. The van der Waals surface area contributed by atoms with Crippen LogP contribution in [0.25, 0.3) is 5.52 Å². The maximum atomic E-state index is 14.1. The van der Waals surface area contributed by atoms with E-state index in [9.17, 15) is 24.8 Å². The second-order valence-corrected chi connectivity index (χ2v) is 12.4. The van der Waals surface area contributed by atoms with Crippen molar-refractivity contribution in [2.75, 3.05) is 26.1 Å². The zero-order valence-corrected chi connectivity index (χ0v) is 25.0. The van der Waals surface area contributed by atoms with Gasteiger partial charge in [-0.2, -0.15) is 15.4 Å². The predicted octanol–water partition coefficient (Wildman–Crippen LogP) is 2.78. The van der Waals surface area contributed by atoms with Gasteiger partial charge in [0.25, 0.3) is 0 Å². The van der Waals surface area contributed by atoms with Crippen molar-refractivity contribution in [2.45, 2.75) is 58.0 Å². The van der Waals surface area contributed by atoms with E-state index in [0.717, 1.165) is 7.11 Å². The highest BCUT2D eigenvalue weighted by Gasteiger charge is 2.47. The minimum atomic E-state index is -4.45. The van der Waals surface area contributed by atoms with Crippen LogP contribution in [0, 0.1) is 16.7 Å². The number of rotatable bonds is 14.